The second-order valence-electron chi connectivity index (χ2n) is 4.54. The molecule has 0 unspecified atom stereocenters. The summed E-state index contributed by atoms with van der Waals surface area (Å²) in [6.45, 7) is 0. The molecule has 0 aromatic heterocycles. The van der Waals surface area contributed by atoms with Gasteiger partial charge in [-0.25, -0.2) is 0 Å². The zero-order chi connectivity index (χ0) is 14.1. The van der Waals surface area contributed by atoms with Gasteiger partial charge in [0.25, 0.3) is 0 Å². The Morgan fingerprint density at radius 1 is 0.900 bits per heavy atom. The van der Waals surface area contributed by atoms with E-state index in [4.69, 9.17) is 11.6 Å². The fraction of sp³-hybridized carbons (Fsp3) is 0. The third-order valence-electron chi connectivity index (χ3n) is 3.26. The van der Waals surface area contributed by atoms with E-state index in [1.165, 1.54) is 0 Å². The molecule has 3 heteroatoms. The number of fused-ring (bicyclic) bond motifs is 1. The van der Waals surface area contributed by atoms with Crippen LogP contribution in [0, 0.1) is 0 Å². The van der Waals surface area contributed by atoms with E-state index in [-0.39, 0.29) is 5.56 Å². The number of carbonyl (C=O) groups excluding carboxylic acids is 1. The number of carbonyl (C=O) groups is 1. The Morgan fingerprint density at radius 3 is 2.30 bits per heavy atom. The van der Waals surface area contributed by atoms with Crippen molar-refractivity contribution in [2.24, 2.45) is 0 Å². The molecule has 0 heterocycles. The average molecular weight is 282 g/mol. The second kappa shape index (κ2) is 4.99. The highest BCUT2D eigenvalue weighted by atomic mass is 35.5. The van der Waals surface area contributed by atoms with E-state index in [2.05, 4.69) is 0 Å². The molecule has 0 fully saturated rings. The van der Waals surface area contributed by atoms with Gasteiger partial charge in [-0.1, -0.05) is 48.0 Å². The molecular formula is C17H10ClO2-. The third kappa shape index (κ3) is 2.26. The lowest BCUT2D eigenvalue weighted by Gasteiger charge is -2.11. The third-order valence-corrected chi connectivity index (χ3v) is 3.51. The SMILES string of the molecule is O=C([O-])c1cc(-c2ccc(Cl)cc2)cc2ccccc12. The molecule has 0 radical (unpaired) electrons. The van der Waals surface area contributed by atoms with Crippen molar-refractivity contribution in [2.75, 3.05) is 0 Å². The highest BCUT2D eigenvalue weighted by molar-refractivity contribution is 6.30. The van der Waals surface area contributed by atoms with Gasteiger partial charge in [-0.3, -0.25) is 0 Å². The molecule has 0 N–H and O–H groups in total. The summed E-state index contributed by atoms with van der Waals surface area (Å²) in [7, 11) is 0. The van der Waals surface area contributed by atoms with Gasteiger partial charge >= 0.3 is 0 Å². The maximum absolute atomic E-state index is 11.3. The predicted octanol–water partition coefficient (Wildman–Crippen LogP) is 3.52. The molecule has 0 saturated heterocycles. The molecule has 0 spiro atoms. The number of hydrogen-bond donors (Lipinski definition) is 0. The van der Waals surface area contributed by atoms with Crippen molar-refractivity contribution < 1.29 is 9.90 Å². The first-order valence-electron chi connectivity index (χ1n) is 6.15. The Labute approximate surface area is 121 Å². The standard InChI is InChI=1S/C17H11ClO2/c18-14-7-5-11(6-8-14)13-9-12-3-1-2-4-15(12)16(10-13)17(19)20/h1-10H,(H,19,20)/p-1. The smallest absolute Gasteiger partial charge is 0.0721 e. The summed E-state index contributed by atoms with van der Waals surface area (Å²) >= 11 is 5.87. The molecular weight excluding hydrogens is 272 g/mol. The Kier molecular flexibility index (Phi) is 3.17. The maximum atomic E-state index is 11.3. The van der Waals surface area contributed by atoms with Crippen molar-refractivity contribution in [3.8, 4) is 11.1 Å². The minimum Gasteiger partial charge on any atom is -0.545 e. The summed E-state index contributed by atoms with van der Waals surface area (Å²) in [4.78, 5) is 11.3. The van der Waals surface area contributed by atoms with Crippen molar-refractivity contribution in [2.45, 2.75) is 0 Å². The first kappa shape index (κ1) is 12.7. The molecule has 0 bridgehead atoms. The van der Waals surface area contributed by atoms with Crippen LogP contribution in [0.5, 0.6) is 0 Å². The molecule has 20 heavy (non-hydrogen) atoms. The number of carboxylic acids is 1. The normalized spacial score (nSPS) is 10.7. The fourth-order valence-corrected chi connectivity index (χ4v) is 2.41. The minimum atomic E-state index is -1.17. The molecule has 0 atom stereocenters. The number of carboxylic acid groups (broad SMARTS) is 1. The largest absolute Gasteiger partial charge is 0.545 e. The number of benzene rings is 3. The van der Waals surface area contributed by atoms with Gasteiger partial charge in [-0.2, -0.15) is 0 Å². The zero-order valence-corrected chi connectivity index (χ0v) is 11.2. The summed E-state index contributed by atoms with van der Waals surface area (Å²) in [5.74, 6) is -1.17. The van der Waals surface area contributed by atoms with Crippen LogP contribution in [0.25, 0.3) is 21.9 Å². The number of rotatable bonds is 2. The minimum absolute atomic E-state index is 0.202. The maximum Gasteiger partial charge on any atom is 0.0721 e. The Balaban J connectivity index is 2.27. The molecule has 0 aliphatic heterocycles. The van der Waals surface area contributed by atoms with Gasteiger partial charge < -0.3 is 9.90 Å². The number of aromatic carboxylic acids is 1. The van der Waals surface area contributed by atoms with Crippen LogP contribution in [0.2, 0.25) is 5.02 Å². The highest BCUT2D eigenvalue weighted by Gasteiger charge is 2.06. The van der Waals surface area contributed by atoms with Crippen LogP contribution in [0.4, 0.5) is 0 Å². The summed E-state index contributed by atoms with van der Waals surface area (Å²) < 4.78 is 0. The molecule has 3 rings (SSSR count). The first-order valence-corrected chi connectivity index (χ1v) is 6.53. The van der Waals surface area contributed by atoms with Gasteiger partial charge in [-0.05, 0) is 46.2 Å². The van der Waals surface area contributed by atoms with Crippen LogP contribution in [-0.2, 0) is 0 Å². The van der Waals surface area contributed by atoms with Crippen LogP contribution in [-0.4, -0.2) is 5.97 Å². The second-order valence-corrected chi connectivity index (χ2v) is 4.98. The molecule has 3 aromatic carbocycles. The molecule has 0 saturated carbocycles. The van der Waals surface area contributed by atoms with Gasteiger partial charge in [0.1, 0.15) is 0 Å². The molecule has 0 amide bonds. The van der Waals surface area contributed by atoms with E-state index >= 15 is 0 Å². The van der Waals surface area contributed by atoms with Crippen LogP contribution in [0.1, 0.15) is 10.4 Å². The number of halogens is 1. The molecule has 0 aliphatic rings. The Bertz CT molecular complexity index is 792. The average Bonchev–Trinajstić information content (AvgIpc) is 2.46. The van der Waals surface area contributed by atoms with Crippen LogP contribution >= 0.6 is 11.6 Å². The fourth-order valence-electron chi connectivity index (χ4n) is 2.29. The van der Waals surface area contributed by atoms with E-state index in [1.54, 1.807) is 24.3 Å². The summed E-state index contributed by atoms with van der Waals surface area (Å²) in [5, 5.41) is 13.5. The topological polar surface area (TPSA) is 40.1 Å². The highest BCUT2D eigenvalue weighted by Crippen LogP contribution is 2.28. The van der Waals surface area contributed by atoms with E-state index in [9.17, 15) is 9.90 Å². The van der Waals surface area contributed by atoms with E-state index in [0.717, 1.165) is 16.5 Å². The molecule has 3 aromatic rings. The summed E-state index contributed by atoms with van der Waals surface area (Å²) in [6, 6.07) is 18.3. The number of hydrogen-bond acceptors (Lipinski definition) is 2. The first-order chi connectivity index (χ1) is 9.65. The lowest BCUT2D eigenvalue weighted by atomic mass is 9.97. The van der Waals surface area contributed by atoms with Crippen LogP contribution in [0.15, 0.2) is 60.7 Å². The van der Waals surface area contributed by atoms with Crippen molar-refractivity contribution >= 4 is 28.3 Å². The van der Waals surface area contributed by atoms with Crippen molar-refractivity contribution in [3.05, 3.63) is 71.2 Å². The van der Waals surface area contributed by atoms with Gasteiger partial charge in [-0.15, -0.1) is 0 Å². The van der Waals surface area contributed by atoms with Gasteiger partial charge in [0, 0.05) is 10.6 Å². The Hall–Kier alpha value is -2.32. The van der Waals surface area contributed by atoms with Gasteiger partial charge in [0.15, 0.2) is 0 Å². The van der Waals surface area contributed by atoms with Crippen molar-refractivity contribution in [1.82, 2.24) is 0 Å². The van der Waals surface area contributed by atoms with E-state index in [1.807, 2.05) is 36.4 Å². The monoisotopic (exact) mass is 281 g/mol. The quantitative estimate of drug-likeness (QED) is 0.721. The summed E-state index contributed by atoms with van der Waals surface area (Å²) in [6.07, 6.45) is 0. The molecule has 0 aliphatic carbocycles. The van der Waals surface area contributed by atoms with Crippen molar-refractivity contribution in [1.29, 1.82) is 0 Å². The lowest BCUT2D eigenvalue weighted by molar-refractivity contribution is -0.254. The molecule has 98 valence electrons. The van der Waals surface area contributed by atoms with E-state index < -0.39 is 5.97 Å². The van der Waals surface area contributed by atoms with Gasteiger partial charge in [0.2, 0.25) is 0 Å². The van der Waals surface area contributed by atoms with Crippen LogP contribution < -0.4 is 5.11 Å². The zero-order valence-electron chi connectivity index (χ0n) is 10.5. The van der Waals surface area contributed by atoms with E-state index in [0.29, 0.717) is 10.4 Å². The Morgan fingerprint density at radius 2 is 1.60 bits per heavy atom. The summed E-state index contributed by atoms with van der Waals surface area (Å²) in [5.41, 5.74) is 1.95. The van der Waals surface area contributed by atoms with Crippen LogP contribution in [0.3, 0.4) is 0 Å². The van der Waals surface area contributed by atoms with Gasteiger partial charge in [0.05, 0.1) is 5.97 Å². The predicted molar refractivity (Wildman–Crippen MR) is 78.7 cm³/mol. The molecule has 2 nitrogen and oxygen atoms in total. The lowest BCUT2D eigenvalue weighted by Crippen LogP contribution is -2.22. The van der Waals surface area contributed by atoms with Crippen molar-refractivity contribution in [3.63, 3.8) is 0 Å².